The maximum absolute atomic E-state index is 13.8. The summed E-state index contributed by atoms with van der Waals surface area (Å²) in [7, 11) is 0. The summed E-state index contributed by atoms with van der Waals surface area (Å²) in [4.78, 5) is 35.1. The quantitative estimate of drug-likeness (QED) is 0.494. The molecular formula is C28H29N3O2. The maximum Gasteiger partial charge on any atom is 0.282 e. The lowest BCUT2D eigenvalue weighted by Crippen LogP contribution is -2.36. The largest absolute Gasteiger partial charge is 0.366 e. The topological polar surface area (TPSA) is 53.5 Å². The van der Waals surface area contributed by atoms with E-state index >= 15 is 0 Å². The van der Waals surface area contributed by atoms with Crippen LogP contribution in [0, 0.1) is 20.8 Å². The number of likely N-dealkylation sites (N-methyl/N-ethyl adjacent to an activating group) is 1. The Morgan fingerprint density at radius 1 is 0.848 bits per heavy atom. The molecule has 0 radical (unpaired) electrons. The van der Waals surface area contributed by atoms with Crippen molar-refractivity contribution < 1.29 is 9.59 Å². The number of anilines is 1. The molecule has 5 nitrogen and oxygen atoms in total. The van der Waals surface area contributed by atoms with Crippen molar-refractivity contribution in [2.75, 3.05) is 18.0 Å². The Morgan fingerprint density at radius 2 is 1.52 bits per heavy atom. The molecular weight excluding hydrogens is 410 g/mol. The summed E-state index contributed by atoms with van der Waals surface area (Å²) in [5.74, 6) is -0.532. The monoisotopic (exact) mass is 439 g/mol. The van der Waals surface area contributed by atoms with Crippen molar-refractivity contribution in [3.05, 3.63) is 101 Å². The molecule has 0 saturated carbocycles. The summed E-state index contributed by atoms with van der Waals surface area (Å²) in [6, 6.07) is 17.6. The average molecular weight is 440 g/mol. The third-order valence-corrected chi connectivity index (χ3v) is 6.12. The van der Waals surface area contributed by atoms with Crippen LogP contribution < -0.4 is 4.90 Å². The lowest BCUT2D eigenvalue weighted by molar-refractivity contribution is -0.120. The molecule has 168 valence electrons. The first-order valence-electron chi connectivity index (χ1n) is 11.3. The smallest absolute Gasteiger partial charge is 0.282 e. The zero-order valence-corrected chi connectivity index (χ0v) is 19.6. The van der Waals surface area contributed by atoms with Crippen molar-refractivity contribution in [1.82, 2.24) is 9.88 Å². The van der Waals surface area contributed by atoms with E-state index in [-0.39, 0.29) is 11.8 Å². The zero-order chi connectivity index (χ0) is 23.5. The number of nitrogens with zero attached hydrogens (tertiary/aromatic N) is 3. The highest BCUT2D eigenvalue weighted by Gasteiger charge is 2.42. The van der Waals surface area contributed by atoms with Gasteiger partial charge in [0.05, 0.1) is 11.3 Å². The predicted molar refractivity (Wildman–Crippen MR) is 132 cm³/mol. The fourth-order valence-corrected chi connectivity index (χ4v) is 4.21. The highest BCUT2D eigenvalue weighted by atomic mass is 16.2. The number of hydrogen-bond donors (Lipinski definition) is 0. The Morgan fingerprint density at radius 3 is 2.18 bits per heavy atom. The van der Waals surface area contributed by atoms with Gasteiger partial charge < -0.3 is 4.90 Å². The van der Waals surface area contributed by atoms with Gasteiger partial charge in [0, 0.05) is 25.5 Å². The Bertz CT molecular complexity index is 1210. The maximum atomic E-state index is 13.8. The molecule has 1 aromatic heterocycles. The minimum atomic E-state index is -0.269. The Hall–Kier alpha value is -3.73. The SMILES string of the molecule is CCN(CCc1ccncc1)C1=C(c2ccc(C)cc2)C(=O)N(c2cc(C)ccc2C)C1=O. The molecule has 33 heavy (non-hydrogen) atoms. The van der Waals surface area contributed by atoms with Crippen molar-refractivity contribution in [1.29, 1.82) is 0 Å². The summed E-state index contributed by atoms with van der Waals surface area (Å²) >= 11 is 0. The van der Waals surface area contributed by atoms with Crippen LogP contribution >= 0.6 is 0 Å². The van der Waals surface area contributed by atoms with Crippen molar-refractivity contribution in [2.24, 2.45) is 0 Å². The van der Waals surface area contributed by atoms with Crippen LogP contribution in [0.2, 0.25) is 0 Å². The van der Waals surface area contributed by atoms with Crippen LogP contribution in [-0.4, -0.2) is 34.8 Å². The van der Waals surface area contributed by atoms with E-state index in [1.54, 1.807) is 12.4 Å². The van der Waals surface area contributed by atoms with Gasteiger partial charge in [0.1, 0.15) is 5.70 Å². The van der Waals surface area contributed by atoms with Crippen molar-refractivity contribution in [3.8, 4) is 0 Å². The van der Waals surface area contributed by atoms with Gasteiger partial charge in [0.15, 0.2) is 0 Å². The number of hydrogen-bond acceptors (Lipinski definition) is 4. The first-order valence-corrected chi connectivity index (χ1v) is 11.3. The van der Waals surface area contributed by atoms with Gasteiger partial charge in [-0.25, -0.2) is 4.90 Å². The highest BCUT2D eigenvalue weighted by Crippen LogP contribution is 2.36. The number of rotatable bonds is 7. The van der Waals surface area contributed by atoms with E-state index < -0.39 is 0 Å². The first kappa shape index (κ1) is 22.5. The Balaban J connectivity index is 1.79. The second kappa shape index (κ2) is 9.41. The summed E-state index contributed by atoms with van der Waals surface area (Å²) < 4.78 is 0. The lowest BCUT2D eigenvalue weighted by atomic mass is 10.0. The van der Waals surface area contributed by atoms with Gasteiger partial charge in [0.2, 0.25) is 0 Å². The van der Waals surface area contributed by atoms with Crippen LogP contribution in [0.25, 0.3) is 5.57 Å². The molecule has 0 saturated heterocycles. The molecule has 3 aromatic rings. The number of aromatic nitrogens is 1. The van der Waals surface area contributed by atoms with Gasteiger partial charge in [0.25, 0.3) is 11.8 Å². The zero-order valence-electron chi connectivity index (χ0n) is 19.6. The van der Waals surface area contributed by atoms with Gasteiger partial charge in [-0.3, -0.25) is 14.6 Å². The third-order valence-electron chi connectivity index (χ3n) is 6.12. The number of carbonyl (C=O) groups is 2. The predicted octanol–water partition coefficient (Wildman–Crippen LogP) is 4.86. The minimum absolute atomic E-state index is 0.263. The summed E-state index contributed by atoms with van der Waals surface area (Å²) in [6.45, 7) is 9.18. The molecule has 5 heteroatoms. The molecule has 0 unspecified atom stereocenters. The number of benzene rings is 2. The van der Waals surface area contributed by atoms with Crippen LogP contribution in [0.5, 0.6) is 0 Å². The van der Waals surface area contributed by atoms with Crippen molar-refractivity contribution >= 4 is 23.1 Å². The highest BCUT2D eigenvalue weighted by molar-refractivity contribution is 6.45. The van der Waals surface area contributed by atoms with E-state index in [1.807, 2.05) is 87.2 Å². The number of imide groups is 1. The van der Waals surface area contributed by atoms with E-state index in [9.17, 15) is 9.59 Å². The van der Waals surface area contributed by atoms with Crippen molar-refractivity contribution in [3.63, 3.8) is 0 Å². The number of carbonyl (C=O) groups excluding carboxylic acids is 2. The fourth-order valence-electron chi connectivity index (χ4n) is 4.21. The number of aryl methyl sites for hydroxylation is 3. The minimum Gasteiger partial charge on any atom is -0.366 e. The Kier molecular flexibility index (Phi) is 6.40. The lowest BCUT2D eigenvalue weighted by Gasteiger charge is -2.25. The van der Waals surface area contributed by atoms with E-state index in [0.717, 1.165) is 34.2 Å². The number of pyridine rings is 1. The van der Waals surface area contributed by atoms with E-state index in [2.05, 4.69) is 4.98 Å². The molecule has 0 bridgehead atoms. The average Bonchev–Trinajstić information content (AvgIpc) is 3.07. The molecule has 0 fully saturated rings. The van der Waals surface area contributed by atoms with E-state index in [0.29, 0.717) is 30.0 Å². The van der Waals surface area contributed by atoms with Crippen LogP contribution in [0.15, 0.2) is 72.7 Å². The normalized spacial score (nSPS) is 13.8. The van der Waals surface area contributed by atoms with Crippen LogP contribution in [0.4, 0.5) is 5.69 Å². The summed E-state index contributed by atoms with van der Waals surface area (Å²) in [6.07, 6.45) is 4.30. The van der Waals surface area contributed by atoms with Gasteiger partial charge in [-0.05, 0) is 74.6 Å². The molecule has 0 N–H and O–H groups in total. The van der Waals surface area contributed by atoms with Gasteiger partial charge in [-0.1, -0.05) is 42.0 Å². The molecule has 0 aliphatic carbocycles. The second-order valence-corrected chi connectivity index (χ2v) is 8.51. The van der Waals surface area contributed by atoms with E-state index in [1.165, 1.54) is 4.90 Å². The van der Waals surface area contributed by atoms with Crippen LogP contribution in [-0.2, 0) is 16.0 Å². The Labute approximate surface area is 195 Å². The second-order valence-electron chi connectivity index (χ2n) is 8.51. The standard InChI is InChI=1S/C28H29N3O2/c1-5-30(17-14-22-12-15-29-16-13-22)26-25(23-10-7-19(2)8-11-23)27(32)31(28(26)33)24-18-20(3)6-9-21(24)4/h6-13,15-16,18H,5,14,17H2,1-4H3. The third kappa shape index (κ3) is 4.44. The van der Waals surface area contributed by atoms with Gasteiger partial charge in [-0.2, -0.15) is 0 Å². The summed E-state index contributed by atoms with van der Waals surface area (Å²) in [5, 5.41) is 0. The van der Waals surface area contributed by atoms with Crippen molar-refractivity contribution in [2.45, 2.75) is 34.1 Å². The van der Waals surface area contributed by atoms with Gasteiger partial charge >= 0.3 is 0 Å². The molecule has 1 aliphatic rings. The molecule has 1 aliphatic heterocycles. The molecule has 2 heterocycles. The van der Waals surface area contributed by atoms with Crippen LogP contribution in [0.3, 0.4) is 0 Å². The molecule has 4 rings (SSSR count). The summed E-state index contributed by atoms with van der Waals surface area (Å²) in [5.41, 5.74) is 6.51. The molecule has 0 atom stereocenters. The molecule has 2 amide bonds. The first-order chi connectivity index (χ1) is 15.9. The van der Waals surface area contributed by atoms with Crippen LogP contribution in [0.1, 0.15) is 34.7 Å². The fraction of sp³-hybridized carbons (Fsp3) is 0.250. The number of amides is 2. The molecule has 0 spiro atoms. The van der Waals surface area contributed by atoms with E-state index in [4.69, 9.17) is 0 Å². The molecule has 2 aromatic carbocycles. The van der Waals surface area contributed by atoms with Gasteiger partial charge in [-0.15, -0.1) is 0 Å².